The van der Waals surface area contributed by atoms with Crippen molar-refractivity contribution in [1.29, 1.82) is 0 Å². The Morgan fingerprint density at radius 2 is 2.11 bits per heavy atom. The molecular formula is C14H18N4O. The molecule has 19 heavy (non-hydrogen) atoms. The van der Waals surface area contributed by atoms with E-state index in [4.69, 9.17) is 10.6 Å². The molecule has 0 unspecified atom stereocenters. The lowest BCUT2D eigenvalue weighted by atomic mass is 10.1. The molecule has 0 saturated heterocycles. The van der Waals surface area contributed by atoms with Gasteiger partial charge >= 0.3 is 0 Å². The summed E-state index contributed by atoms with van der Waals surface area (Å²) in [7, 11) is 1.64. The minimum absolute atomic E-state index is 0.442. The molecule has 0 bridgehead atoms. The maximum absolute atomic E-state index is 5.42. The number of nitrogen functional groups attached to an aromatic ring is 1. The third-order valence-electron chi connectivity index (χ3n) is 2.71. The molecule has 0 amide bonds. The van der Waals surface area contributed by atoms with Crippen LogP contribution in [-0.4, -0.2) is 17.1 Å². The number of rotatable bonds is 5. The number of aromatic nitrogens is 2. The summed E-state index contributed by atoms with van der Waals surface area (Å²) in [6.45, 7) is 2.51. The van der Waals surface area contributed by atoms with E-state index in [2.05, 4.69) is 40.5 Å². The van der Waals surface area contributed by atoms with Gasteiger partial charge in [0.2, 0.25) is 0 Å². The molecule has 0 saturated carbocycles. The molecule has 0 aliphatic carbocycles. The minimum Gasteiger partial charge on any atom is -0.378 e. The molecular weight excluding hydrogens is 240 g/mol. The number of hydrogen-bond donors (Lipinski definition) is 2. The van der Waals surface area contributed by atoms with E-state index in [1.807, 2.05) is 6.07 Å². The van der Waals surface area contributed by atoms with Crippen molar-refractivity contribution in [3.63, 3.8) is 0 Å². The van der Waals surface area contributed by atoms with Crippen molar-refractivity contribution >= 4 is 5.82 Å². The highest BCUT2D eigenvalue weighted by atomic mass is 16.5. The van der Waals surface area contributed by atoms with Gasteiger partial charge in [0.25, 0.3) is 0 Å². The van der Waals surface area contributed by atoms with Gasteiger partial charge in [0, 0.05) is 19.6 Å². The lowest BCUT2D eigenvalue weighted by Gasteiger charge is -2.07. The first-order valence-corrected chi connectivity index (χ1v) is 6.09. The molecule has 0 atom stereocenters. The molecule has 0 spiro atoms. The zero-order chi connectivity index (χ0) is 13.7. The van der Waals surface area contributed by atoms with Crippen molar-refractivity contribution < 1.29 is 4.74 Å². The number of ether oxygens (including phenoxy) is 1. The number of methoxy groups -OCH3 is 1. The van der Waals surface area contributed by atoms with Crippen LogP contribution in [0.3, 0.4) is 0 Å². The van der Waals surface area contributed by atoms with Gasteiger partial charge < -0.3 is 10.2 Å². The van der Waals surface area contributed by atoms with Crippen LogP contribution < -0.4 is 11.3 Å². The first-order valence-electron chi connectivity index (χ1n) is 6.09. The van der Waals surface area contributed by atoms with Crippen LogP contribution in [0.25, 0.3) is 0 Å². The minimum atomic E-state index is 0.442. The van der Waals surface area contributed by atoms with Crippen LogP contribution >= 0.6 is 0 Å². The van der Waals surface area contributed by atoms with Crippen LogP contribution in [0.15, 0.2) is 30.3 Å². The SMILES string of the molecule is COCc1cc(NN)nc(Cc2cccc(C)c2)n1. The fourth-order valence-corrected chi connectivity index (χ4v) is 1.93. The Kier molecular flexibility index (Phi) is 4.43. The summed E-state index contributed by atoms with van der Waals surface area (Å²) in [6, 6.07) is 10.1. The Balaban J connectivity index is 2.26. The summed E-state index contributed by atoms with van der Waals surface area (Å²) in [5.41, 5.74) is 5.77. The van der Waals surface area contributed by atoms with E-state index in [9.17, 15) is 0 Å². The number of aryl methyl sites for hydroxylation is 1. The Morgan fingerprint density at radius 3 is 2.79 bits per heavy atom. The van der Waals surface area contributed by atoms with Crippen molar-refractivity contribution in [2.75, 3.05) is 12.5 Å². The first kappa shape index (κ1) is 13.5. The summed E-state index contributed by atoms with van der Waals surface area (Å²) in [5.74, 6) is 6.75. The molecule has 0 fully saturated rings. The third kappa shape index (κ3) is 3.74. The highest BCUT2D eigenvalue weighted by Gasteiger charge is 2.05. The maximum Gasteiger partial charge on any atom is 0.144 e. The number of hydrogen-bond acceptors (Lipinski definition) is 5. The zero-order valence-electron chi connectivity index (χ0n) is 11.2. The molecule has 100 valence electrons. The van der Waals surface area contributed by atoms with Crippen LogP contribution in [0, 0.1) is 6.92 Å². The topological polar surface area (TPSA) is 73.1 Å². The normalized spacial score (nSPS) is 10.5. The van der Waals surface area contributed by atoms with E-state index < -0.39 is 0 Å². The number of anilines is 1. The van der Waals surface area contributed by atoms with Gasteiger partial charge in [0.05, 0.1) is 12.3 Å². The summed E-state index contributed by atoms with van der Waals surface area (Å²) in [6.07, 6.45) is 0.675. The van der Waals surface area contributed by atoms with E-state index in [1.165, 1.54) is 11.1 Å². The summed E-state index contributed by atoms with van der Waals surface area (Å²) in [4.78, 5) is 8.82. The number of benzene rings is 1. The summed E-state index contributed by atoms with van der Waals surface area (Å²) >= 11 is 0. The zero-order valence-corrected chi connectivity index (χ0v) is 11.2. The fourth-order valence-electron chi connectivity index (χ4n) is 1.93. The van der Waals surface area contributed by atoms with Crippen molar-refractivity contribution in [2.24, 2.45) is 5.84 Å². The second-order valence-corrected chi connectivity index (χ2v) is 4.40. The van der Waals surface area contributed by atoms with E-state index in [-0.39, 0.29) is 0 Å². The van der Waals surface area contributed by atoms with E-state index in [0.29, 0.717) is 18.8 Å². The number of nitrogens with one attached hydrogen (secondary N) is 1. The fraction of sp³-hybridized carbons (Fsp3) is 0.286. The number of hydrazine groups is 1. The van der Waals surface area contributed by atoms with Gasteiger partial charge in [0.15, 0.2) is 0 Å². The largest absolute Gasteiger partial charge is 0.378 e. The van der Waals surface area contributed by atoms with Gasteiger partial charge in [-0.3, -0.25) is 0 Å². The molecule has 5 heteroatoms. The highest BCUT2D eigenvalue weighted by Crippen LogP contribution is 2.12. The molecule has 0 aliphatic heterocycles. The number of nitrogens with two attached hydrogens (primary N) is 1. The van der Waals surface area contributed by atoms with Gasteiger partial charge in [-0.2, -0.15) is 0 Å². The molecule has 1 aromatic carbocycles. The lowest BCUT2D eigenvalue weighted by Crippen LogP contribution is -2.12. The van der Waals surface area contributed by atoms with Crippen molar-refractivity contribution in [3.8, 4) is 0 Å². The van der Waals surface area contributed by atoms with Gasteiger partial charge in [-0.05, 0) is 12.5 Å². The Morgan fingerprint density at radius 1 is 1.26 bits per heavy atom. The third-order valence-corrected chi connectivity index (χ3v) is 2.71. The Hall–Kier alpha value is -1.98. The maximum atomic E-state index is 5.42. The van der Waals surface area contributed by atoms with Crippen molar-refractivity contribution in [3.05, 3.63) is 53.0 Å². The second kappa shape index (κ2) is 6.26. The summed E-state index contributed by atoms with van der Waals surface area (Å²) < 4.78 is 5.09. The smallest absolute Gasteiger partial charge is 0.144 e. The van der Waals surface area contributed by atoms with Gasteiger partial charge in [-0.1, -0.05) is 29.8 Å². The molecule has 1 heterocycles. The standard InChI is InChI=1S/C14H18N4O/c1-10-4-3-5-11(6-10)7-13-16-12(9-19-2)8-14(17-13)18-15/h3-6,8H,7,9,15H2,1-2H3,(H,16,17,18). The van der Waals surface area contributed by atoms with Crippen LogP contribution in [0.1, 0.15) is 22.6 Å². The molecule has 3 N–H and O–H groups in total. The molecule has 5 nitrogen and oxygen atoms in total. The van der Waals surface area contributed by atoms with Gasteiger partial charge in [-0.15, -0.1) is 0 Å². The summed E-state index contributed by atoms with van der Waals surface area (Å²) in [5, 5.41) is 0. The van der Waals surface area contributed by atoms with Crippen molar-refractivity contribution in [2.45, 2.75) is 20.0 Å². The van der Waals surface area contributed by atoms with Crippen LogP contribution in [0.5, 0.6) is 0 Å². The Labute approximate surface area is 112 Å². The molecule has 0 aliphatic rings. The van der Waals surface area contributed by atoms with Gasteiger partial charge in [-0.25, -0.2) is 15.8 Å². The first-order chi connectivity index (χ1) is 9.21. The van der Waals surface area contributed by atoms with Crippen LogP contribution in [0.4, 0.5) is 5.82 Å². The van der Waals surface area contributed by atoms with Crippen LogP contribution in [0.2, 0.25) is 0 Å². The number of nitrogens with zero attached hydrogens (tertiary/aromatic N) is 2. The predicted molar refractivity (Wildman–Crippen MR) is 74.5 cm³/mol. The average Bonchev–Trinajstić information content (AvgIpc) is 2.39. The van der Waals surface area contributed by atoms with E-state index in [0.717, 1.165) is 11.5 Å². The molecule has 2 rings (SSSR count). The van der Waals surface area contributed by atoms with Crippen molar-refractivity contribution in [1.82, 2.24) is 9.97 Å². The molecule has 0 radical (unpaired) electrons. The molecule has 1 aromatic heterocycles. The highest BCUT2D eigenvalue weighted by molar-refractivity contribution is 5.35. The predicted octanol–water partition coefficient (Wildman–Crippen LogP) is 1.81. The van der Waals surface area contributed by atoms with E-state index in [1.54, 1.807) is 13.2 Å². The quantitative estimate of drug-likeness (QED) is 0.632. The Bertz CT molecular complexity index is 557. The lowest BCUT2D eigenvalue weighted by molar-refractivity contribution is 0.181. The second-order valence-electron chi connectivity index (χ2n) is 4.40. The average molecular weight is 258 g/mol. The molecule has 2 aromatic rings. The van der Waals surface area contributed by atoms with Gasteiger partial charge in [0.1, 0.15) is 11.6 Å². The van der Waals surface area contributed by atoms with Crippen LogP contribution in [-0.2, 0) is 17.8 Å². The van der Waals surface area contributed by atoms with E-state index >= 15 is 0 Å². The monoisotopic (exact) mass is 258 g/mol.